The van der Waals surface area contributed by atoms with Gasteiger partial charge in [-0.15, -0.1) is 0 Å². The Bertz CT molecular complexity index is 1040. The van der Waals surface area contributed by atoms with E-state index in [1.165, 1.54) is 0 Å². The summed E-state index contributed by atoms with van der Waals surface area (Å²) in [7, 11) is 0. The average molecular weight is 438 g/mol. The van der Waals surface area contributed by atoms with Crippen molar-refractivity contribution in [3.8, 4) is 11.1 Å². The minimum absolute atomic E-state index is 0.0884. The first-order valence-corrected chi connectivity index (χ1v) is 11.2. The Labute approximate surface area is 187 Å². The van der Waals surface area contributed by atoms with Crippen molar-refractivity contribution >= 4 is 23.3 Å². The maximum Gasteiger partial charge on any atom is 0.253 e. The van der Waals surface area contributed by atoms with Crippen LogP contribution in [0.2, 0.25) is 5.02 Å². The summed E-state index contributed by atoms with van der Waals surface area (Å²) in [4.78, 5) is 16.8. The number of halogens is 1. The quantitative estimate of drug-likeness (QED) is 0.498. The van der Waals surface area contributed by atoms with Gasteiger partial charge in [0, 0.05) is 24.3 Å². The highest BCUT2D eigenvalue weighted by Crippen LogP contribution is 2.31. The van der Waals surface area contributed by atoms with E-state index in [1.807, 2.05) is 32.0 Å². The summed E-state index contributed by atoms with van der Waals surface area (Å²) in [6, 6.07) is 12.2. The topological polar surface area (TPSA) is 82.7 Å². The van der Waals surface area contributed by atoms with E-state index in [4.69, 9.17) is 11.6 Å². The van der Waals surface area contributed by atoms with Crippen LogP contribution in [-0.4, -0.2) is 33.7 Å². The molecule has 1 aliphatic rings. The van der Waals surface area contributed by atoms with Gasteiger partial charge in [0.1, 0.15) is 5.82 Å². The van der Waals surface area contributed by atoms with Crippen molar-refractivity contribution in [2.24, 2.45) is 5.92 Å². The zero-order valence-corrected chi connectivity index (χ0v) is 18.7. The maximum atomic E-state index is 12.6. The third-order valence-corrected chi connectivity index (χ3v) is 6.26. The molecular formula is C24H28ClN5O. The lowest BCUT2D eigenvalue weighted by molar-refractivity contribution is 0.0921. The molecule has 7 heteroatoms. The Kier molecular flexibility index (Phi) is 6.56. The number of hydrogen-bond donors (Lipinski definition) is 3. The molecule has 1 aliphatic carbocycles. The van der Waals surface area contributed by atoms with Gasteiger partial charge in [0.25, 0.3) is 5.91 Å². The molecule has 1 aromatic carbocycles. The van der Waals surface area contributed by atoms with Gasteiger partial charge < -0.3 is 10.6 Å². The molecule has 162 valence electrons. The molecule has 1 saturated carbocycles. The normalized spacial score (nSPS) is 18.5. The number of aryl methyl sites for hydroxylation is 2. The van der Waals surface area contributed by atoms with E-state index in [-0.39, 0.29) is 11.9 Å². The zero-order valence-electron chi connectivity index (χ0n) is 17.9. The number of rotatable bonds is 6. The van der Waals surface area contributed by atoms with Crippen molar-refractivity contribution in [2.45, 2.75) is 45.6 Å². The third-order valence-electron chi connectivity index (χ3n) is 6.06. The summed E-state index contributed by atoms with van der Waals surface area (Å²) in [5.74, 6) is 1.45. The highest BCUT2D eigenvalue weighted by atomic mass is 35.5. The number of H-pyrrole nitrogens is 1. The Hall–Kier alpha value is -2.86. The summed E-state index contributed by atoms with van der Waals surface area (Å²) in [5.41, 5.74) is 4.54. The van der Waals surface area contributed by atoms with Crippen LogP contribution in [0.3, 0.4) is 0 Å². The molecule has 0 radical (unpaired) electrons. The number of carbonyl (C=O) groups is 1. The van der Waals surface area contributed by atoms with Crippen LogP contribution in [0.1, 0.15) is 47.4 Å². The molecule has 1 amide bonds. The fraction of sp³-hybridized carbons (Fsp3) is 0.375. The predicted octanol–water partition coefficient (Wildman–Crippen LogP) is 5.14. The van der Waals surface area contributed by atoms with Gasteiger partial charge in [0.15, 0.2) is 0 Å². The summed E-state index contributed by atoms with van der Waals surface area (Å²) < 4.78 is 0. The number of anilines is 1. The number of nitrogens with zero attached hydrogens (tertiary/aromatic N) is 2. The number of pyridine rings is 1. The highest BCUT2D eigenvalue weighted by molar-refractivity contribution is 6.30. The summed E-state index contributed by atoms with van der Waals surface area (Å²) in [6.07, 6.45) is 5.64. The number of nitrogens with one attached hydrogen (secondary N) is 3. The van der Waals surface area contributed by atoms with E-state index >= 15 is 0 Å². The lowest BCUT2D eigenvalue weighted by Crippen LogP contribution is -2.38. The molecule has 1 fully saturated rings. The van der Waals surface area contributed by atoms with Crippen molar-refractivity contribution < 1.29 is 4.79 Å². The van der Waals surface area contributed by atoms with E-state index < -0.39 is 0 Å². The van der Waals surface area contributed by atoms with Crippen molar-refractivity contribution in [1.82, 2.24) is 20.5 Å². The second kappa shape index (κ2) is 9.52. The van der Waals surface area contributed by atoms with E-state index in [2.05, 4.69) is 37.9 Å². The van der Waals surface area contributed by atoms with E-state index in [0.717, 1.165) is 54.9 Å². The zero-order chi connectivity index (χ0) is 21.8. The van der Waals surface area contributed by atoms with Gasteiger partial charge in [-0.1, -0.05) is 41.9 Å². The maximum absolute atomic E-state index is 12.6. The van der Waals surface area contributed by atoms with Gasteiger partial charge in [-0.05, 0) is 57.1 Å². The van der Waals surface area contributed by atoms with Crippen molar-refractivity contribution in [3.05, 3.63) is 64.6 Å². The Morgan fingerprint density at radius 1 is 1.13 bits per heavy atom. The van der Waals surface area contributed by atoms with Crippen LogP contribution in [0.5, 0.6) is 0 Å². The van der Waals surface area contributed by atoms with E-state index in [9.17, 15) is 4.79 Å². The first kappa shape index (κ1) is 21.4. The van der Waals surface area contributed by atoms with Crippen LogP contribution >= 0.6 is 11.6 Å². The van der Waals surface area contributed by atoms with Crippen LogP contribution < -0.4 is 10.6 Å². The fourth-order valence-corrected chi connectivity index (χ4v) is 4.43. The Morgan fingerprint density at radius 2 is 1.87 bits per heavy atom. The minimum Gasteiger partial charge on any atom is -0.370 e. The molecule has 0 bridgehead atoms. The number of aromatic nitrogens is 3. The monoisotopic (exact) mass is 437 g/mol. The molecule has 3 aromatic rings. The minimum atomic E-state index is -0.0884. The molecule has 4 rings (SSSR count). The lowest BCUT2D eigenvalue weighted by Gasteiger charge is -2.29. The van der Waals surface area contributed by atoms with Gasteiger partial charge in [0.05, 0.1) is 22.0 Å². The van der Waals surface area contributed by atoms with E-state index in [0.29, 0.717) is 22.2 Å². The number of amides is 1. The van der Waals surface area contributed by atoms with Crippen molar-refractivity contribution in [1.29, 1.82) is 0 Å². The van der Waals surface area contributed by atoms with Crippen LogP contribution in [0.15, 0.2) is 42.6 Å². The standard InChI is InChI=1S/C24H28ClN5O/c1-15-21(12-19(25)14-26-15)24(31)28-20-10-8-17(9-11-20)13-27-23-22(16(2)29-30-23)18-6-4-3-5-7-18/h3-7,12,14,17,20H,8-11,13H2,1-2H3,(H,28,31)(H2,27,29,30). The van der Waals surface area contributed by atoms with Gasteiger partial charge in [-0.3, -0.25) is 14.9 Å². The molecular weight excluding hydrogens is 410 g/mol. The predicted molar refractivity (Wildman–Crippen MR) is 124 cm³/mol. The molecule has 2 heterocycles. The first-order chi connectivity index (χ1) is 15.0. The summed E-state index contributed by atoms with van der Waals surface area (Å²) in [5, 5.41) is 14.7. The van der Waals surface area contributed by atoms with Crippen LogP contribution in [0, 0.1) is 19.8 Å². The van der Waals surface area contributed by atoms with Crippen LogP contribution in [-0.2, 0) is 0 Å². The summed E-state index contributed by atoms with van der Waals surface area (Å²) in [6.45, 7) is 4.74. The number of aromatic amines is 1. The second-order valence-electron chi connectivity index (χ2n) is 8.28. The van der Waals surface area contributed by atoms with Crippen molar-refractivity contribution in [2.75, 3.05) is 11.9 Å². The van der Waals surface area contributed by atoms with E-state index in [1.54, 1.807) is 12.3 Å². The molecule has 0 atom stereocenters. The molecule has 6 nitrogen and oxygen atoms in total. The number of benzene rings is 1. The number of hydrogen-bond acceptors (Lipinski definition) is 4. The number of carbonyl (C=O) groups excluding carboxylic acids is 1. The third kappa shape index (κ3) is 5.07. The second-order valence-corrected chi connectivity index (χ2v) is 8.72. The lowest BCUT2D eigenvalue weighted by atomic mass is 9.86. The molecule has 0 aliphatic heterocycles. The van der Waals surface area contributed by atoms with Gasteiger partial charge in [0.2, 0.25) is 0 Å². The average Bonchev–Trinajstić information content (AvgIpc) is 3.15. The Morgan fingerprint density at radius 3 is 2.61 bits per heavy atom. The van der Waals surface area contributed by atoms with Crippen LogP contribution in [0.25, 0.3) is 11.1 Å². The van der Waals surface area contributed by atoms with Crippen molar-refractivity contribution in [3.63, 3.8) is 0 Å². The molecule has 0 unspecified atom stereocenters. The van der Waals surface area contributed by atoms with Crippen LogP contribution in [0.4, 0.5) is 5.82 Å². The van der Waals surface area contributed by atoms with Gasteiger partial charge in [-0.25, -0.2) is 0 Å². The molecule has 31 heavy (non-hydrogen) atoms. The largest absolute Gasteiger partial charge is 0.370 e. The first-order valence-electron chi connectivity index (χ1n) is 10.8. The highest BCUT2D eigenvalue weighted by Gasteiger charge is 2.24. The Balaban J connectivity index is 1.30. The molecule has 0 saturated heterocycles. The van der Waals surface area contributed by atoms with Gasteiger partial charge >= 0.3 is 0 Å². The fourth-order valence-electron chi connectivity index (χ4n) is 4.28. The SMILES string of the molecule is Cc1ncc(Cl)cc1C(=O)NC1CCC(CNc2[nH]nc(C)c2-c2ccccc2)CC1. The summed E-state index contributed by atoms with van der Waals surface area (Å²) >= 11 is 6.00. The molecule has 2 aromatic heterocycles. The molecule has 3 N–H and O–H groups in total. The van der Waals surface area contributed by atoms with Gasteiger partial charge in [-0.2, -0.15) is 5.10 Å². The molecule has 0 spiro atoms. The smallest absolute Gasteiger partial charge is 0.253 e.